The summed E-state index contributed by atoms with van der Waals surface area (Å²) in [6.45, 7) is 4.31. The van der Waals surface area contributed by atoms with Crippen LogP contribution in [0.1, 0.15) is 20.3 Å². The molecule has 2 fully saturated rings. The molecule has 2 amide bonds. The van der Waals surface area contributed by atoms with Crippen LogP contribution in [-0.4, -0.2) is 57.2 Å². The first-order valence-corrected chi connectivity index (χ1v) is 8.17. The van der Waals surface area contributed by atoms with Gasteiger partial charge in [0.15, 0.2) is 0 Å². The molecule has 0 spiro atoms. The number of rotatable bonds is 3. The number of likely N-dealkylation sites (N-methyl/N-ethyl adjacent to an activating group) is 1. The van der Waals surface area contributed by atoms with Crippen LogP contribution in [0.5, 0.6) is 0 Å². The van der Waals surface area contributed by atoms with Gasteiger partial charge in [0.2, 0.25) is 11.8 Å². The number of amides is 2. The topological polar surface area (TPSA) is 40.6 Å². The summed E-state index contributed by atoms with van der Waals surface area (Å²) in [4.78, 5) is 28.1. The first-order valence-electron chi connectivity index (χ1n) is 6.26. The Morgan fingerprint density at radius 1 is 1.47 bits per heavy atom. The number of thioether (sulfide) groups is 1. The summed E-state index contributed by atoms with van der Waals surface area (Å²) in [6, 6.07) is -0.385. The van der Waals surface area contributed by atoms with E-state index >= 15 is 0 Å². The van der Waals surface area contributed by atoms with Crippen LogP contribution in [0.25, 0.3) is 0 Å². The normalized spacial score (nSPS) is 32.3. The van der Waals surface area contributed by atoms with Crippen molar-refractivity contribution < 1.29 is 9.59 Å². The first kappa shape index (κ1) is 15.3. The van der Waals surface area contributed by atoms with Crippen molar-refractivity contribution in [2.45, 2.75) is 30.6 Å². The van der Waals surface area contributed by atoms with E-state index in [2.05, 4.69) is 0 Å². The zero-order valence-electron chi connectivity index (χ0n) is 11.3. The lowest BCUT2D eigenvalue weighted by Crippen LogP contribution is -2.50. The van der Waals surface area contributed by atoms with Crippen molar-refractivity contribution in [3.8, 4) is 0 Å². The predicted octanol–water partition coefficient (Wildman–Crippen LogP) is 1.95. The van der Waals surface area contributed by atoms with Gasteiger partial charge in [0.25, 0.3) is 0 Å². The van der Waals surface area contributed by atoms with Crippen LogP contribution in [0.3, 0.4) is 0 Å². The number of halogens is 2. The minimum absolute atomic E-state index is 0.0140. The summed E-state index contributed by atoms with van der Waals surface area (Å²) < 4.78 is -0.985. The Bertz CT molecular complexity index is 419. The van der Waals surface area contributed by atoms with Gasteiger partial charge in [-0.1, -0.05) is 0 Å². The van der Waals surface area contributed by atoms with Crippen LogP contribution in [0, 0.1) is 5.41 Å². The number of hydrogen-bond acceptors (Lipinski definition) is 3. The second-order valence-electron chi connectivity index (χ2n) is 5.36. The number of carbonyl (C=O) groups excluding carboxylic acids is 2. The maximum absolute atomic E-state index is 12.5. The van der Waals surface area contributed by atoms with Gasteiger partial charge in [0.05, 0.1) is 11.3 Å². The minimum atomic E-state index is -0.985. The lowest BCUT2D eigenvalue weighted by molar-refractivity contribution is -0.145. The van der Waals surface area contributed by atoms with Gasteiger partial charge in [-0.25, -0.2) is 0 Å². The Morgan fingerprint density at radius 2 is 2.05 bits per heavy atom. The molecule has 0 aromatic heterocycles. The van der Waals surface area contributed by atoms with Crippen molar-refractivity contribution in [2.24, 2.45) is 5.41 Å². The molecular formula is C12H18Cl2N2O2S. The van der Waals surface area contributed by atoms with Crippen LogP contribution in [-0.2, 0) is 9.59 Å². The average Bonchev–Trinajstić information content (AvgIpc) is 2.75. The highest BCUT2D eigenvalue weighted by Crippen LogP contribution is 2.64. The lowest BCUT2D eigenvalue weighted by Gasteiger charge is -2.29. The van der Waals surface area contributed by atoms with E-state index in [-0.39, 0.29) is 17.9 Å². The summed E-state index contributed by atoms with van der Waals surface area (Å²) in [5.74, 6) is 1.06. The molecule has 7 heteroatoms. The molecule has 2 rings (SSSR count). The highest BCUT2D eigenvalue weighted by molar-refractivity contribution is 7.99. The molecule has 0 aromatic carbocycles. The van der Waals surface area contributed by atoms with Gasteiger partial charge in [-0.05, 0) is 20.3 Å². The molecule has 1 heterocycles. The molecule has 0 unspecified atom stereocenters. The van der Waals surface area contributed by atoms with Gasteiger partial charge in [-0.2, -0.15) is 0 Å². The van der Waals surface area contributed by atoms with Crippen LogP contribution in [0.15, 0.2) is 0 Å². The standard InChI is InChI=1S/C12H18Cl2N2O2S/c1-4-15(3)9(17)8-5-19-7-16(8)10(18)11(2)6-12(11,13)14/h8H,4-7H2,1-3H3/t8-,11-/m0/s1. The fraction of sp³-hybridized carbons (Fsp3) is 0.833. The second-order valence-corrected chi connectivity index (χ2v) is 7.84. The largest absolute Gasteiger partial charge is 0.344 e. The number of carbonyl (C=O) groups is 2. The van der Waals surface area contributed by atoms with Crippen LogP contribution < -0.4 is 0 Å². The van der Waals surface area contributed by atoms with Crippen molar-refractivity contribution in [2.75, 3.05) is 25.2 Å². The highest BCUT2D eigenvalue weighted by Gasteiger charge is 2.69. The molecule has 1 aliphatic carbocycles. The molecule has 2 atom stereocenters. The van der Waals surface area contributed by atoms with Gasteiger partial charge in [0.1, 0.15) is 10.4 Å². The molecule has 1 saturated carbocycles. The molecule has 0 bridgehead atoms. The van der Waals surface area contributed by atoms with Crippen LogP contribution in [0.2, 0.25) is 0 Å². The molecule has 2 aliphatic rings. The van der Waals surface area contributed by atoms with Gasteiger partial charge in [-0.15, -0.1) is 35.0 Å². The molecule has 0 N–H and O–H groups in total. The summed E-state index contributed by atoms with van der Waals surface area (Å²) in [5, 5.41) is 0. The second kappa shape index (κ2) is 5.01. The zero-order chi connectivity index (χ0) is 14.4. The van der Waals surface area contributed by atoms with Crippen LogP contribution in [0.4, 0.5) is 0 Å². The molecule has 1 saturated heterocycles. The molecule has 0 aromatic rings. The van der Waals surface area contributed by atoms with Crippen molar-refractivity contribution >= 4 is 46.8 Å². The van der Waals surface area contributed by atoms with E-state index in [1.165, 1.54) is 0 Å². The Balaban J connectivity index is 2.12. The van der Waals surface area contributed by atoms with Gasteiger partial charge < -0.3 is 9.80 Å². The minimum Gasteiger partial charge on any atom is -0.344 e. The quantitative estimate of drug-likeness (QED) is 0.745. The van der Waals surface area contributed by atoms with Gasteiger partial charge in [-0.3, -0.25) is 9.59 Å². The maximum Gasteiger partial charge on any atom is 0.245 e. The van der Waals surface area contributed by atoms with Crippen LogP contribution >= 0.6 is 35.0 Å². The fourth-order valence-corrected chi connectivity index (χ4v) is 4.05. The van der Waals surface area contributed by atoms with Crippen molar-refractivity contribution in [3.63, 3.8) is 0 Å². The van der Waals surface area contributed by atoms with E-state index in [1.807, 2.05) is 6.92 Å². The SMILES string of the molecule is CCN(C)C(=O)[C@@H]1CSCN1C(=O)[C@]1(C)CC1(Cl)Cl. The highest BCUT2D eigenvalue weighted by atomic mass is 35.5. The average molecular weight is 325 g/mol. The van der Waals surface area contributed by atoms with Crippen molar-refractivity contribution in [3.05, 3.63) is 0 Å². The third-order valence-electron chi connectivity index (χ3n) is 4.01. The van der Waals surface area contributed by atoms with E-state index in [9.17, 15) is 9.59 Å². The van der Waals surface area contributed by atoms with Crippen molar-refractivity contribution in [1.82, 2.24) is 9.80 Å². The summed E-state index contributed by atoms with van der Waals surface area (Å²) >= 11 is 13.7. The van der Waals surface area contributed by atoms with Gasteiger partial charge in [0, 0.05) is 19.3 Å². The molecular weight excluding hydrogens is 307 g/mol. The Hall–Kier alpha value is -0.130. The smallest absolute Gasteiger partial charge is 0.245 e. The number of alkyl halides is 2. The van der Waals surface area contributed by atoms with Crippen molar-refractivity contribution in [1.29, 1.82) is 0 Å². The molecule has 0 radical (unpaired) electrons. The van der Waals surface area contributed by atoms with E-state index in [1.54, 1.807) is 35.5 Å². The summed E-state index contributed by atoms with van der Waals surface area (Å²) in [5.41, 5.74) is -0.746. The van der Waals surface area contributed by atoms with E-state index < -0.39 is 9.75 Å². The number of nitrogens with zero attached hydrogens (tertiary/aromatic N) is 2. The monoisotopic (exact) mass is 324 g/mol. The van der Waals surface area contributed by atoms with E-state index in [4.69, 9.17) is 23.2 Å². The van der Waals surface area contributed by atoms with E-state index in [0.29, 0.717) is 24.6 Å². The number of hydrogen-bond donors (Lipinski definition) is 0. The third kappa shape index (κ3) is 2.45. The molecule has 108 valence electrons. The predicted molar refractivity (Wildman–Crippen MR) is 78.4 cm³/mol. The Labute approximate surface area is 127 Å². The van der Waals surface area contributed by atoms with E-state index in [0.717, 1.165) is 0 Å². The molecule has 1 aliphatic heterocycles. The zero-order valence-corrected chi connectivity index (χ0v) is 13.6. The Kier molecular flexibility index (Phi) is 4.02. The third-order valence-corrected chi connectivity index (χ3v) is 6.12. The fourth-order valence-electron chi connectivity index (χ4n) is 2.21. The summed E-state index contributed by atoms with van der Waals surface area (Å²) in [6.07, 6.45) is 0.452. The molecule has 19 heavy (non-hydrogen) atoms. The summed E-state index contributed by atoms with van der Waals surface area (Å²) in [7, 11) is 1.75. The maximum atomic E-state index is 12.5. The Morgan fingerprint density at radius 3 is 2.53 bits per heavy atom. The molecule has 4 nitrogen and oxygen atoms in total. The lowest BCUT2D eigenvalue weighted by atomic mass is 10.1. The first-order chi connectivity index (χ1) is 8.74. The van der Waals surface area contributed by atoms with Gasteiger partial charge >= 0.3 is 0 Å².